The summed E-state index contributed by atoms with van der Waals surface area (Å²) in [4.78, 5) is 22.9. The molecule has 4 aromatic rings. The molecule has 2 aliphatic rings. The van der Waals surface area contributed by atoms with Crippen molar-refractivity contribution in [2.24, 2.45) is 0 Å². The van der Waals surface area contributed by atoms with Gasteiger partial charge in [-0.1, -0.05) is 0 Å². The fourth-order valence-corrected chi connectivity index (χ4v) is 4.98. The minimum Gasteiger partial charge on any atom is -0.334 e. The molecule has 1 N–H and O–H groups in total. The second-order valence-corrected chi connectivity index (χ2v) is 8.90. The molecule has 0 spiro atoms. The van der Waals surface area contributed by atoms with Crippen molar-refractivity contribution in [1.82, 2.24) is 34.4 Å². The maximum Gasteiger partial charge on any atom is 0.408 e. The standard InChI is InChI=1S/C22H18F5N7O/c23-11-3-15(24)20-29-6-18(33(20)7-11)19-14-5-28-16(4-17(14)34(31-19)10-22(25,26)27)21(35)32-8-12-1-2-13(9-32)30-12/h3-7,12-13,30H,1-2,8-10H2. The number of carbonyl (C=O) groups is 1. The third kappa shape index (κ3) is 3.79. The lowest BCUT2D eigenvalue weighted by molar-refractivity contribution is -0.141. The molecule has 35 heavy (non-hydrogen) atoms. The number of halogens is 5. The second kappa shape index (κ2) is 7.70. The number of piperazine rings is 1. The van der Waals surface area contributed by atoms with Crippen LogP contribution in [0.25, 0.3) is 27.9 Å². The van der Waals surface area contributed by atoms with Crippen LogP contribution in [0.2, 0.25) is 0 Å². The molecule has 2 aliphatic heterocycles. The average molecular weight is 491 g/mol. The minimum atomic E-state index is -4.60. The predicted octanol–water partition coefficient (Wildman–Crippen LogP) is 3.16. The Hall–Kier alpha value is -3.61. The first-order valence-electron chi connectivity index (χ1n) is 11.0. The summed E-state index contributed by atoms with van der Waals surface area (Å²) < 4.78 is 69.9. The summed E-state index contributed by atoms with van der Waals surface area (Å²) in [6.07, 6.45) is 0.765. The van der Waals surface area contributed by atoms with Crippen molar-refractivity contribution in [2.75, 3.05) is 13.1 Å². The molecule has 2 bridgehead atoms. The minimum absolute atomic E-state index is 0.00362. The van der Waals surface area contributed by atoms with Gasteiger partial charge in [-0.3, -0.25) is 18.9 Å². The zero-order valence-electron chi connectivity index (χ0n) is 18.1. The van der Waals surface area contributed by atoms with Crippen molar-refractivity contribution in [2.45, 2.75) is 37.6 Å². The van der Waals surface area contributed by atoms with Crippen LogP contribution < -0.4 is 5.32 Å². The van der Waals surface area contributed by atoms with E-state index in [0.29, 0.717) is 19.2 Å². The molecule has 6 heterocycles. The van der Waals surface area contributed by atoms with Crippen molar-refractivity contribution in [3.05, 3.63) is 48.1 Å². The molecule has 4 aromatic heterocycles. The summed E-state index contributed by atoms with van der Waals surface area (Å²) in [6.45, 7) is -0.416. The molecule has 0 saturated carbocycles. The Morgan fingerprint density at radius 3 is 2.54 bits per heavy atom. The summed E-state index contributed by atoms with van der Waals surface area (Å²) in [5, 5.41) is 7.70. The van der Waals surface area contributed by atoms with Gasteiger partial charge >= 0.3 is 6.18 Å². The van der Waals surface area contributed by atoms with Crippen molar-refractivity contribution in [1.29, 1.82) is 0 Å². The van der Waals surface area contributed by atoms with E-state index < -0.39 is 24.4 Å². The Morgan fingerprint density at radius 2 is 1.83 bits per heavy atom. The highest BCUT2D eigenvalue weighted by Gasteiger charge is 2.35. The van der Waals surface area contributed by atoms with Crippen LogP contribution in [0.3, 0.4) is 0 Å². The van der Waals surface area contributed by atoms with Gasteiger partial charge in [0.25, 0.3) is 5.91 Å². The predicted molar refractivity (Wildman–Crippen MR) is 114 cm³/mol. The number of nitrogens with one attached hydrogen (secondary N) is 1. The number of amides is 1. The van der Waals surface area contributed by atoms with E-state index in [-0.39, 0.29) is 51.6 Å². The molecule has 0 aromatic carbocycles. The SMILES string of the molecule is O=C(c1cc2c(cn1)c(-c1cnc3c(F)cc(F)cn13)nn2CC(F)(F)F)N1CC2CCC(C1)N2. The van der Waals surface area contributed by atoms with Gasteiger partial charge in [0.1, 0.15) is 23.7 Å². The van der Waals surface area contributed by atoms with Gasteiger partial charge in [-0.2, -0.15) is 18.3 Å². The van der Waals surface area contributed by atoms with Gasteiger partial charge in [0, 0.05) is 49.0 Å². The summed E-state index contributed by atoms with van der Waals surface area (Å²) in [5.41, 5.74) is -0.0742. The third-order valence-corrected chi connectivity index (χ3v) is 6.46. The molecule has 2 saturated heterocycles. The molecule has 6 rings (SSSR count). The highest BCUT2D eigenvalue weighted by molar-refractivity contribution is 5.99. The number of fused-ring (bicyclic) bond motifs is 4. The van der Waals surface area contributed by atoms with Gasteiger partial charge in [-0.05, 0) is 18.9 Å². The molecule has 13 heteroatoms. The van der Waals surface area contributed by atoms with E-state index in [1.165, 1.54) is 18.5 Å². The monoisotopic (exact) mass is 491 g/mol. The van der Waals surface area contributed by atoms with Gasteiger partial charge in [0.15, 0.2) is 11.5 Å². The Balaban J connectivity index is 1.47. The summed E-state index contributed by atoms with van der Waals surface area (Å²) in [7, 11) is 0. The molecule has 2 atom stereocenters. The Labute approximate surface area is 194 Å². The first kappa shape index (κ1) is 21.9. The largest absolute Gasteiger partial charge is 0.408 e. The van der Waals surface area contributed by atoms with Crippen LogP contribution in [-0.4, -0.2) is 66.3 Å². The molecule has 2 unspecified atom stereocenters. The first-order chi connectivity index (χ1) is 16.7. The Morgan fingerprint density at radius 1 is 1.09 bits per heavy atom. The zero-order chi connectivity index (χ0) is 24.5. The van der Waals surface area contributed by atoms with Gasteiger partial charge in [0.05, 0.1) is 17.4 Å². The number of hydrogen-bond acceptors (Lipinski definition) is 5. The van der Waals surface area contributed by atoms with Crippen LogP contribution in [0.5, 0.6) is 0 Å². The van der Waals surface area contributed by atoms with Gasteiger partial charge in [-0.15, -0.1) is 0 Å². The fraction of sp³-hybridized carbons (Fsp3) is 0.364. The molecule has 8 nitrogen and oxygen atoms in total. The average Bonchev–Trinajstić information content (AvgIpc) is 3.47. The highest BCUT2D eigenvalue weighted by atomic mass is 19.4. The van der Waals surface area contributed by atoms with Crippen molar-refractivity contribution in [3.63, 3.8) is 0 Å². The first-order valence-corrected chi connectivity index (χ1v) is 11.0. The zero-order valence-corrected chi connectivity index (χ0v) is 18.1. The van der Waals surface area contributed by atoms with E-state index in [0.717, 1.165) is 28.1 Å². The van der Waals surface area contributed by atoms with Crippen LogP contribution in [0.4, 0.5) is 22.0 Å². The number of likely N-dealkylation sites (tertiary alicyclic amines) is 1. The van der Waals surface area contributed by atoms with E-state index in [2.05, 4.69) is 20.4 Å². The van der Waals surface area contributed by atoms with E-state index in [1.807, 2.05) is 0 Å². The lowest BCUT2D eigenvalue weighted by Gasteiger charge is -2.32. The van der Waals surface area contributed by atoms with Gasteiger partial charge in [-0.25, -0.2) is 13.8 Å². The summed E-state index contributed by atoms with van der Waals surface area (Å²) >= 11 is 0. The molecule has 182 valence electrons. The molecular formula is C22H18F5N7O. The van der Waals surface area contributed by atoms with Crippen LogP contribution in [-0.2, 0) is 6.54 Å². The van der Waals surface area contributed by atoms with Gasteiger partial charge < -0.3 is 10.2 Å². The Kier molecular flexibility index (Phi) is 4.82. The van der Waals surface area contributed by atoms with Crippen LogP contribution >= 0.6 is 0 Å². The van der Waals surface area contributed by atoms with E-state index in [9.17, 15) is 26.7 Å². The number of aromatic nitrogens is 5. The van der Waals surface area contributed by atoms with Crippen LogP contribution in [0.15, 0.2) is 30.7 Å². The van der Waals surface area contributed by atoms with Gasteiger partial charge in [0.2, 0.25) is 0 Å². The van der Waals surface area contributed by atoms with E-state index in [1.54, 1.807) is 4.90 Å². The number of alkyl halides is 3. The molecular weight excluding hydrogens is 473 g/mol. The third-order valence-electron chi connectivity index (χ3n) is 6.46. The molecule has 1 amide bonds. The van der Waals surface area contributed by atoms with Crippen LogP contribution in [0.1, 0.15) is 23.3 Å². The van der Waals surface area contributed by atoms with Crippen molar-refractivity contribution < 1.29 is 26.7 Å². The number of hydrogen-bond donors (Lipinski definition) is 1. The van der Waals surface area contributed by atoms with E-state index in [4.69, 9.17) is 0 Å². The fourth-order valence-electron chi connectivity index (χ4n) is 4.98. The van der Waals surface area contributed by atoms with Crippen molar-refractivity contribution >= 4 is 22.5 Å². The number of pyridine rings is 2. The quantitative estimate of drug-likeness (QED) is 0.446. The topological polar surface area (TPSA) is 80.4 Å². The number of carbonyl (C=O) groups excluding carboxylic acids is 1. The normalized spacial score (nSPS) is 20.3. The maximum atomic E-state index is 14.1. The second-order valence-electron chi connectivity index (χ2n) is 8.90. The molecule has 0 aliphatic carbocycles. The Bertz CT molecular complexity index is 1460. The number of rotatable bonds is 3. The summed E-state index contributed by atoms with van der Waals surface area (Å²) in [6, 6.07) is 2.34. The van der Waals surface area contributed by atoms with Crippen molar-refractivity contribution in [3.8, 4) is 11.4 Å². The number of imidazole rings is 1. The lowest BCUT2D eigenvalue weighted by atomic mass is 10.1. The maximum absolute atomic E-state index is 14.1. The molecule has 0 radical (unpaired) electrons. The lowest BCUT2D eigenvalue weighted by Crippen LogP contribution is -2.53. The summed E-state index contributed by atoms with van der Waals surface area (Å²) in [5.74, 6) is -2.18. The number of nitrogens with zero attached hydrogens (tertiary/aromatic N) is 6. The highest BCUT2D eigenvalue weighted by Crippen LogP contribution is 2.32. The van der Waals surface area contributed by atoms with Crippen LogP contribution in [0, 0.1) is 11.6 Å². The van der Waals surface area contributed by atoms with E-state index >= 15 is 0 Å². The molecule has 2 fully saturated rings. The smallest absolute Gasteiger partial charge is 0.334 e.